The molecule has 2 aromatic rings. The van der Waals surface area contributed by atoms with Crippen LogP contribution in [0.5, 0.6) is 11.5 Å². The maximum absolute atomic E-state index is 12.7. The van der Waals surface area contributed by atoms with Crippen molar-refractivity contribution in [3.8, 4) is 11.5 Å². The van der Waals surface area contributed by atoms with Gasteiger partial charge in [0.1, 0.15) is 11.5 Å². The van der Waals surface area contributed by atoms with Gasteiger partial charge in [0.15, 0.2) is 0 Å². The lowest BCUT2D eigenvalue weighted by Gasteiger charge is -2.25. The van der Waals surface area contributed by atoms with E-state index in [0.717, 1.165) is 47.0 Å². The second kappa shape index (κ2) is 9.14. The van der Waals surface area contributed by atoms with Gasteiger partial charge in [0, 0.05) is 18.0 Å². The van der Waals surface area contributed by atoms with Gasteiger partial charge in [-0.05, 0) is 67.6 Å². The van der Waals surface area contributed by atoms with Crippen molar-refractivity contribution in [3.63, 3.8) is 0 Å². The van der Waals surface area contributed by atoms with E-state index in [9.17, 15) is 4.79 Å². The first-order valence-corrected chi connectivity index (χ1v) is 9.78. The quantitative estimate of drug-likeness (QED) is 0.614. The van der Waals surface area contributed by atoms with Crippen LogP contribution >= 0.6 is 11.6 Å². The molecule has 1 aliphatic rings. The predicted octanol–water partition coefficient (Wildman–Crippen LogP) is 5.18. The van der Waals surface area contributed by atoms with E-state index in [4.69, 9.17) is 21.1 Å². The SMILES string of the molecule is COc1cccc(C2CCCN2C(=O)CCCOc2ccc(Cl)c(C)c2)c1. The summed E-state index contributed by atoms with van der Waals surface area (Å²) >= 11 is 6.03. The van der Waals surface area contributed by atoms with Crippen molar-refractivity contribution >= 4 is 17.5 Å². The number of benzene rings is 2. The third-order valence-corrected chi connectivity index (χ3v) is 5.41. The van der Waals surface area contributed by atoms with E-state index in [1.54, 1.807) is 7.11 Å². The Morgan fingerprint density at radius 2 is 2.07 bits per heavy atom. The van der Waals surface area contributed by atoms with E-state index in [-0.39, 0.29) is 11.9 Å². The lowest BCUT2D eigenvalue weighted by Crippen LogP contribution is -2.30. The van der Waals surface area contributed by atoms with Crippen LogP contribution in [0.15, 0.2) is 42.5 Å². The monoisotopic (exact) mass is 387 g/mol. The lowest BCUT2D eigenvalue weighted by atomic mass is 10.0. The molecular weight excluding hydrogens is 362 g/mol. The fraction of sp³-hybridized carbons (Fsp3) is 0.409. The van der Waals surface area contributed by atoms with Gasteiger partial charge >= 0.3 is 0 Å². The summed E-state index contributed by atoms with van der Waals surface area (Å²) in [4.78, 5) is 14.7. The van der Waals surface area contributed by atoms with Crippen LogP contribution in [0.3, 0.4) is 0 Å². The number of hydrogen-bond acceptors (Lipinski definition) is 3. The van der Waals surface area contributed by atoms with Gasteiger partial charge in [0.05, 0.1) is 19.8 Å². The number of methoxy groups -OCH3 is 1. The largest absolute Gasteiger partial charge is 0.497 e. The fourth-order valence-electron chi connectivity index (χ4n) is 3.52. The summed E-state index contributed by atoms with van der Waals surface area (Å²) in [6, 6.07) is 13.8. The fourth-order valence-corrected chi connectivity index (χ4v) is 3.64. The number of carbonyl (C=O) groups excluding carboxylic acids is 1. The molecule has 1 fully saturated rings. The second-order valence-electron chi connectivity index (χ2n) is 6.88. The van der Waals surface area contributed by atoms with E-state index < -0.39 is 0 Å². The number of ether oxygens (including phenoxy) is 2. The molecule has 1 aliphatic heterocycles. The smallest absolute Gasteiger partial charge is 0.223 e. The molecule has 0 saturated carbocycles. The van der Waals surface area contributed by atoms with Gasteiger partial charge in [-0.3, -0.25) is 4.79 Å². The normalized spacial score (nSPS) is 16.4. The Labute approximate surface area is 166 Å². The number of carbonyl (C=O) groups is 1. The first-order valence-electron chi connectivity index (χ1n) is 9.41. The summed E-state index contributed by atoms with van der Waals surface area (Å²) < 4.78 is 11.1. The third-order valence-electron chi connectivity index (χ3n) is 4.98. The Morgan fingerprint density at radius 1 is 1.22 bits per heavy atom. The highest BCUT2D eigenvalue weighted by atomic mass is 35.5. The van der Waals surface area contributed by atoms with Crippen LogP contribution < -0.4 is 9.47 Å². The summed E-state index contributed by atoms with van der Waals surface area (Å²) in [5.74, 6) is 1.81. The van der Waals surface area contributed by atoms with E-state index in [1.807, 2.05) is 48.2 Å². The van der Waals surface area contributed by atoms with Crippen LogP contribution in [0, 0.1) is 6.92 Å². The Morgan fingerprint density at radius 3 is 2.85 bits per heavy atom. The minimum atomic E-state index is 0.146. The van der Waals surface area contributed by atoms with Crippen LogP contribution in [0.1, 0.15) is 42.9 Å². The van der Waals surface area contributed by atoms with Crippen molar-refractivity contribution in [1.29, 1.82) is 0 Å². The standard InChI is InChI=1S/C22H26ClNO3/c1-16-14-19(10-11-20(16)23)27-13-5-9-22(25)24-12-4-8-21(24)17-6-3-7-18(15-17)26-2/h3,6-7,10-11,14-15,21H,4-5,8-9,12-13H2,1-2H3. The van der Waals surface area contributed by atoms with Crippen LogP contribution in [0.25, 0.3) is 0 Å². The van der Waals surface area contributed by atoms with Gasteiger partial charge in [-0.25, -0.2) is 0 Å². The summed E-state index contributed by atoms with van der Waals surface area (Å²) in [5, 5.41) is 0.732. The molecule has 1 saturated heterocycles. The van der Waals surface area contributed by atoms with Crippen LogP contribution in [0.4, 0.5) is 0 Å². The third kappa shape index (κ3) is 4.95. The number of nitrogens with zero attached hydrogens (tertiary/aromatic N) is 1. The van der Waals surface area contributed by atoms with E-state index in [1.165, 1.54) is 0 Å². The minimum absolute atomic E-state index is 0.146. The first kappa shape index (κ1) is 19.6. The summed E-state index contributed by atoms with van der Waals surface area (Å²) in [6.07, 6.45) is 3.22. The van der Waals surface area contributed by atoms with Crippen molar-refractivity contribution in [2.24, 2.45) is 0 Å². The Hall–Kier alpha value is -2.20. The molecule has 0 bridgehead atoms. The van der Waals surface area contributed by atoms with Gasteiger partial charge in [-0.2, -0.15) is 0 Å². The van der Waals surface area contributed by atoms with Gasteiger partial charge in [-0.1, -0.05) is 23.7 Å². The van der Waals surface area contributed by atoms with Gasteiger partial charge in [-0.15, -0.1) is 0 Å². The average molecular weight is 388 g/mol. The van der Waals surface area contributed by atoms with Crippen molar-refractivity contribution < 1.29 is 14.3 Å². The Kier molecular flexibility index (Phi) is 6.62. The predicted molar refractivity (Wildman–Crippen MR) is 108 cm³/mol. The van der Waals surface area contributed by atoms with Gasteiger partial charge in [0.25, 0.3) is 0 Å². The number of halogens is 1. The maximum Gasteiger partial charge on any atom is 0.223 e. The first-order chi connectivity index (χ1) is 13.1. The van der Waals surface area contributed by atoms with Crippen LogP contribution in [-0.4, -0.2) is 31.1 Å². The topological polar surface area (TPSA) is 38.8 Å². The highest BCUT2D eigenvalue weighted by molar-refractivity contribution is 6.31. The molecular formula is C22H26ClNO3. The molecule has 0 N–H and O–H groups in total. The molecule has 2 aromatic carbocycles. The molecule has 1 amide bonds. The number of likely N-dealkylation sites (tertiary alicyclic amines) is 1. The van der Waals surface area contributed by atoms with Crippen molar-refractivity contribution in [3.05, 3.63) is 58.6 Å². The molecule has 4 nitrogen and oxygen atoms in total. The number of hydrogen-bond donors (Lipinski definition) is 0. The maximum atomic E-state index is 12.7. The average Bonchev–Trinajstić information content (AvgIpc) is 3.18. The number of amides is 1. The van der Waals surface area contributed by atoms with Crippen LogP contribution in [-0.2, 0) is 4.79 Å². The molecule has 0 aliphatic carbocycles. The van der Waals surface area contributed by atoms with Crippen molar-refractivity contribution in [2.75, 3.05) is 20.3 Å². The molecule has 27 heavy (non-hydrogen) atoms. The second-order valence-corrected chi connectivity index (χ2v) is 7.29. The Balaban J connectivity index is 1.51. The van der Waals surface area contributed by atoms with E-state index >= 15 is 0 Å². The molecule has 1 atom stereocenters. The lowest BCUT2D eigenvalue weighted by molar-refractivity contribution is -0.132. The highest BCUT2D eigenvalue weighted by Gasteiger charge is 2.29. The molecule has 1 heterocycles. The minimum Gasteiger partial charge on any atom is -0.497 e. The van der Waals surface area contributed by atoms with Gasteiger partial charge in [0.2, 0.25) is 5.91 Å². The summed E-state index contributed by atoms with van der Waals surface area (Å²) in [6.45, 7) is 3.28. The van der Waals surface area contributed by atoms with Crippen molar-refractivity contribution in [2.45, 2.75) is 38.6 Å². The number of aryl methyl sites for hydroxylation is 1. The van der Waals surface area contributed by atoms with Crippen LogP contribution in [0.2, 0.25) is 5.02 Å². The zero-order valence-corrected chi connectivity index (χ0v) is 16.7. The molecule has 3 rings (SSSR count). The zero-order chi connectivity index (χ0) is 19.2. The summed E-state index contributed by atoms with van der Waals surface area (Å²) in [7, 11) is 1.67. The number of rotatable bonds is 7. The molecule has 0 aromatic heterocycles. The molecule has 0 spiro atoms. The molecule has 144 valence electrons. The van der Waals surface area contributed by atoms with Gasteiger partial charge < -0.3 is 14.4 Å². The molecule has 1 unspecified atom stereocenters. The van der Waals surface area contributed by atoms with E-state index in [2.05, 4.69) is 6.07 Å². The highest BCUT2D eigenvalue weighted by Crippen LogP contribution is 2.34. The van der Waals surface area contributed by atoms with Crippen molar-refractivity contribution in [1.82, 2.24) is 4.90 Å². The summed E-state index contributed by atoms with van der Waals surface area (Å²) in [5.41, 5.74) is 2.14. The Bertz CT molecular complexity index is 793. The zero-order valence-electron chi connectivity index (χ0n) is 15.9. The molecule has 5 heteroatoms. The van der Waals surface area contributed by atoms with E-state index in [0.29, 0.717) is 19.4 Å². The molecule has 0 radical (unpaired) electrons.